The van der Waals surface area contributed by atoms with Crippen LogP contribution in [0.25, 0.3) is 0 Å². The van der Waals surface area contributed by atoms with E-state index in [2.05, 4.69) is 5.32 Å². The van der Waals surface area contributed by atoms with E-state index in [1.807, 2.05) is 0 Å². The average Bonchev–Trinajstić information content (AvgIpc) is 3.12. The first-order chi connectivity index (χ1) is 8.52. The van der Waals surface area contributed by atoms with Crippen molar-refractivity contribution in [2.24, 2.45) is 11.7 Å². The van der Waals surface area contributed by atoms with Gasteiger partial charge in [-0.2, -0.15) is 0 Å². The predicted octanol–water partition coefficient (Wildman–Crippen LogP) is 3.05. The van der Waals surface area contributed by atoms with Crippen LogP contribution in [0, 0.1) is 16.0 Å². The Labute approximate surface area is 114 Å². The third kappa shape index (κ3) is 2.85. The normalized spacial score (nSPS) is 16.4. The van der Waals surface area contributed by atoms with Crippen molar-refractivity contribution < 1.29 is 4.92 Å². The van der Waals surface area contributed by atoms with Gasteiger partial charge >= 0.3 is 0 Å². The van der Waals surface area contributed by atoms with Gasteiger partial charge in [-0.25, -0.2) is 0 Å². The Morgan fingerprint density at radius 1 is 1.44 bits per heavy atom. The fourth-order valence-corrected chi connectivity index (χ4v) is 2.44. The van der Waals surface area contributed by atoms with Gasteiger partial charge in [-0.3, -0.25) is 10.1 Å². The van der Waals surface area contributed by atoms with Crippen molar-refractivity contribution in [2.45, 2.75) is 18.9 Å². The van der Waals surface area contributed by atoms with Crippen LogP contribution in [0.1, 0.15) is 12.8 Å². The van der Waals surface area contributed by atoms with E-state index in [-0.39, 0.29) is 21.8 Å². The third-order valence-electron chi connectivity index (χ3n) is 3.01. The Hall–Kier alpha value is -1.04. The fraction of sp³-hybridized carbons (Fsp3) is 0.455. The summed E-state index contributed by atoms with van der Waals surface area (Å²) >= 11 is 12.0. The van der Waals surface area contributed by atoms with Gasteiger partial charge in [0.1, 0.15) is 0 Å². The fourth-order valence-electron chi connectivity index (χ4n) is 1.86. The van der Waals surface area contributed by atoms with E-state index < -0.39 is 4.92 Å². The van der Waals surface area contributed by atoms with Crippen molar-refractivity contribution in [1.29, 1.82) is 0 Å². The maximum Gasteiger partial charge on any atom is 0.272 e. The lowest BCUT2D eigenvalue weighted by atomic mass is 10.1. The number of rotatable bonds is 5. The zero-order valence-electron chi connectivity index (χ0n) is 9.53. The minimum atomic E-state index is -0.525. The van der Waals surface area contributed by atoms with Gasteiger partial charge < -0.3 is 11.1 Å². The number of nitrogens with two attached hydrogens (primary N) is 1. The summed E-state index contributed by atoms with van der Waals surface area (Å²) in [4.78, 5) is 10.1. The molecule has 2 rings (SSSR count). The highest BCUT2D eigenvalue weighted by molar-refractivity contribution is 6.39. The highest BCUT2D eigenvalue weighted by atomic mass is 35.5. The zero-order chi connectivity index (χ0) is 13.3. The summed E-state index contributed by atoms with van der Waals surface area (Å²) in [7, 11) is 0. The molecule has 0 spiro atoms. The largest absolute Gasteiger partial charge is 0.378 e. The molecule has 1 aromatic carbocycles. The lowest BCUT2D eigenvalue weighted by Crippen LogP contribution is -2.31. The van der Waals surface area contributed by atoms with E-state index in [1.165, 1.54) is 12.1 Å². The van der Waals surface area contributed by atoms with Gasteiger partial charge in [-0.05, 0) is 18.8 Å². The van der Waals surface area contributed by atoms with Crippen molar-refractivity contribution in [2.75, 3.05) is 11.9 Å². The molecule has 1 aromatic rings. The van der Waals surface area contributed by atoms with Crippen LogP contribution in [0.15, 0.2) is 12.1 Å². The molecule has 0 heterocycles. The van der Waals surface area contributed by atoms with Gasteiger partial charge in [-0.15, -0.1) is 0 Å². The minimum Gasteiger partial charge on any atom is -0.378 e. The van der Waals surface area contributed by atoms with Crippen LogP contribution in [0.4, 0.5) is 11.4 Å². The lowest BCUT2D eigenvalue weighted by Gasteiger charge is -2.19. The first kappa shape index (κ1) is 13.4. The average molecular weight is 290 g/mol. The summed E-state index contributed by atoms with van der Waals surface area (Å²) < 4.78 is 0. The summed E-state index contributed by atoms with van der Waals surface area (Å²) in [5.41, 5.74) is 6.08. The summed E-state index contributed by atoms with van der Waals surface area (Å²) in [6, 6.07) is 2.69. The summed E-state index contributed by atoms with van der Waals surface area (Å²) in [6.45, 7) is 0.480. The van der Waals surface area contributed by atoms with E-state index in [0.29, 0.717) is 18.2 Å². The first-order valence-corrected chi connectivity index (χ1v) is 6.38. The Morgan fingerprint density at radius 3 is 2.39 bits per heavy atom. The van der Waals surface area contributed by atoms with Gasteiger partial charge in [0.15, 0.2) is 0 Å². The number of nitro groups is 1. The van der Waals surface area contributed by atoms with Crippen LogP contribution >= 0.6 is 23.2 Å². The number of halogens is 2. The summed E-state index contributed by atoms with van der Waals surface area (Å²) in [5, 5.41) is 14.3. The molecule has 0 saturated heterocycles. The maximum absolute atomic E-state index is 10.7. The number of non-ortho nitro benzene ring substituents is 1. The van der Waals surface area contributed by atoms with E-state index in [0.717, 1.165) is 12.8 Å². The number of nitrogens with one attached hydrogen (secondary N) is 1. The quantitative estimate of drug-likeness (QED) is 0.645. The lowest BCUT2D eigenvalue weighted by molar-refractivity contribution is -0.384. The molecule has 1 aliphatic carbocycles. The molecule has 0 amide bonds. The van der Waals surface area contributed by atoms with Crippen molar-refractivity contribution >= 4 is 34.6 Å². The van der Waals surface area contributed by atoms with Crippen LogP contribution in [0.2, 0.25) is 10.0 Å². The standard InChI is InChI=1S/C11H13Cl2N3O2/c12-8-3-7(16(17)18)4-9(13)11(8)15-10(5-14)6-1-2-6/h3-4,6,10,15H,1-2,5,14H2. The van der Waals surface area contributed by atoms with E-state index in [4.69, 9.17) is 28.9 Å². The number of anilines is 1. The molecular weight excluding hydrogens is 277 g/mol. The Morgan fingerprint density at radius 2 is 2.00 bits per heavy atom. The Balaban J connectivity index is 2.24. The second-order valence-corrected chi connectivity index (χ2v) is 5.18. The molecule has 0 aliphatic heterocycles. The summed E-state index contributed by atoms with van der Waals surface area (Å²) in [5.74, 6) is 0.539. The molecule has 0 bridgehead atoms. The van der Waals surface area contributed by atoms with Crippen LogP contribution in [0.5, 0.6) is 0 Å². The third-order valence-corrected chi connectivity index (χ3v) is 3.61. The van der Waals surface area contributed by atoms with Gasteiger partial charge in [-0.1, -0.05) is 23.2 Å². The number of hydrogen-bond acceptors (Lipinski definition) is 4. The molecule has 98 valence electrons. The molecular formula is C11H13Cl2N3O2. The van der Waals surface area contributed by atoms with Gasteiger partial charge in [0.25, 0.3) is 5.69 Å². The number of benzene rings is 1. The van der Waals surface area contributed by atoms with Crippen molar-refractivity contribution in [3.8, 4) is 0 Å². The van der Waals surface area contributed by atoms with Gasteiger partial charge in [0, 0.05) is 24.7 Å². The molecule has 0 aromatic heterocycles. The number of hydrogen-bond donors (Lipinski definition) is 2. The second-order valence-electron chi connectivity index (χ2n) is 4.37. The SMILES string of the molecule is NCC(Nc1c(Cl)cc([N+](=O)[O-])cc1Cl)C1CC1. The molecule has 1 unspecified atom stereocenters. The highest BCUT2D eigenvalue weighted by Gasteiger charge is 2.31. The Bertz CT molecular complexity index is 454. The first-order valence-electron chi connectivity index (χ1n) is 5.63. The molecule has 1 fully saturated rings. The minimum absolute atomic E-state index is 0.112. The molecule has 3 N–H and O–H groups in total. The molecule has 1 atom stereocenters. The van der Waals surface area contributed by atoms with Gasteiger partial charge in [0.05, 0.1) is 20.7 Å². The van der Waals surface area contributed by atoms with E-state index >= 15 is 0 Å². The van der Waals surface area contributed by atoms with Gasteiger partial charge in [0.2, 0.25) is 0 Å². The molecule has 5 nitrogen and oxygen atoms in total. The van der Waals surface area contributed by atoms with Crippen LogP contribution in [-0.4, -0.2) is 17.5 Å². The molecule has 1 aliphatic rings. The van der Waals surface area contributed by atoms with Crippen molar-refractivity contribution in [3.05, 3.63) is 32.3 Å². The zero-order valence-corrected chi connectivity index (χ0v) is 11.0. The smallest absolute Gasteiger partial charge is 0.272 e. The summed E-state index contributed by atoms with van der Waals surface area (Å²) in [6.07, 6.45) is 2.27. The second kappa shape index (κ2) is 5.30. The number of nitrogens with zero attached hydrogens (tertiary/aromatic N) is 1. The van der Waals surface area contributed by atoms with Crippen molar-refractivity contribution in [1.82, 2.24) is 0 Å². The number of nitro benzene ring substituents is 1. The predicted molar refractivity (Wildman–Crippen MR) is 72.3 cm³/mol. The Kier molecular flexibility index (Phi) is 3.94. The molecule has 7 heteroatoms. The maximum atomic E-state index is 10.7. The van der Waals surface area contributed by atoms with Crippen LogP contribution in [-0.2, 0) is 0 Å². The monoisotopic (exact) mass is 289 g/mol. The highest BCUT2D eigenvalue weighted by Crippen LogP contribution is 2.39. The molecule has 18 heavy (non-hydrogen) atoms. The topological polar surface area (TPSA) is 81.2 Å². The van der Waals surface area contributed by atoms with Crippen LogP contribution < -0.4 is 11.1 Å². The van der Waals surface area contributed by atoms with Crippen molar-refractivity contribution in [3.63, 3.8) is 0 Å². The molecule has 0 radical (unpaired) electrons. The van der Waals surface area contributed by atoms with E-state index in [1.54, 1.807) is 0 Å². The van der Waals surface area contributed by atoms with E-state index in [9.17, 15) is 10.1 Å². The van der Waals surface area contributed by atoms with Crippen LogP contribution in [0.3, 0.4) is 0 Å². The molecule has 1 saturated carbocycles.